The number of aromatic nitrogens is 4. The van der Waals surface area contributed by atoms with Crippen LogP contribution < -0.4 is 15.5 Å². The van der Waals surface area contributed by atoms with Crippen molar-refractivity contribution in [2.75, 3.05) is 61.5 Å². The maximum Gasteiger partial charge on any atom is 0.323 e. The zero-order valence-electron chi connectivity index (χ0n) is 25.6. The fraction of sp³-hybridized carbons (Fsp3) is 0.333. The molecule has 5 heterocycles. The van der Waals surface area contributed by atoms with Crippen LogP contribution in [0.5, 0.6) is 0 Å². The Balaban J connectivity index is 1.24. The van der Waals surface area contributed by atoms with Crippen molar-refractivity contribution in [3.63, 3.8) is 0 Å². The molecule has 3 aromatic heterocycles. The summed E-state index contributed by atoms with van der Waals surface area (Å²) in [6, 6.07) is 16.1. The van der Waals surface area contributed by atoms with Gasteiger partial charge in [-0.15, -0.1) is 0 Å². The quantitative estimate of drug-likeness (QED) is 0.258. The van der Waals surface area contributed by atoms with Gasteiger partial charge in [-0.25, -0.2) is 27.2 Å². The molecule has 2 fully saturated rings. The summed E-state index contributed by atoms with van der Waals surface area (Å²) in [6.45, 7) is 7.16. The number of carbonyl (C=O) groups is 1. The van der Waals surface area contributed by atoms with E-state index in [4.69, 9.17) is 14.7 Å². The van der Waals surface area contributed by atoms with Crippen LogP contribution in [0, 0.1) is 0 Å². The number of rotatable bonds is 7. The van der Waals surface area contributed by atoms with Crippen LogP contribution in [0.25, 0.3) is 33.2 Å². The van der Waals surface area contributed by atoms with Crippen LogP contribution in [0.1, 0.15) is 19.8 Å². The Bertz CT molecular complexity index is 1970. The van der Waals surface area contributed by atoms with Gasteiger partial charge in [0.2, 0.25) is 10.0 Å². The van der Waals surface area contributed by atoms with Gasteiger partial charge in [-0.1, -0.05) is 6.92 Å². The smallest absolute Gasteiger partial charge is 0.323 e. The molecule has 0 aliphatic carbocycles. The summed E-state index contributed by atoms with van der Waals surface area (Å²) < 4.78 is 34.8. The largest absolute Gasteiger partial charge is 0.378 e. The first-order valence-electron chi connectivity index (χ1n) is 15.6. The first kappa shape index (κ1) is 30.1. The minimum atomic E-state index is -3.60. The number of likely N-dealkylation sites (tertiary alicyclic amines) is 1. The number of fused-ring (bicyclic) bond motifs is 3. The number of pyridine rings is 1. The molecular formula is C33H36N8O4S. The summed E-state index contributed by atoms with van der Waals surface area (Å²) in [4.78, 5) is 31.0. The van der Waals surface area contributed by atoms with E-state index in [1.165, 1.54) is 3.97 Å². The van der Waals surface area contributed by atoms with Gasteiger partial charge in [-0.05, 0) is 87.1 Å². The SMILES string of the molecule is CCN1CCC(S(=O)(=O)n2ccc3c4nc(-c5ccc(NC(=O)Nc6ccncc6)cc5)nc(N5CCOCC5)c4ccc32)CC1. The summed E-state index contributed by atoms with van der Waals surface area (Å²) in [5, 5.41) is 6.81. The summed E-state index contributed by atoms with van der Waals surface area (Å²) in [5.74, 6) is 1.29. The Morgan fingerprint density at radius 1 is 0.870 bits per heavy atom. The number of amides is 2. The van der Waals surface area contributed by atoms with Crippen LogP contribution >= 0.6 is 0 Å². The molecule has 2 aromatic carbocycles. The number of anilines is 3. The predicted octanol–water partition coefficient (Wildman–Crippen LogP) is 4.79. The average molecular weight is 641 g/mol. The standard InChI is InChI=1S/C33H36N8O4S/c1-2-39-16-11-26(12-17-39)46(43,44)41-18-13-27-29(41)8-7-28-30(27)37-31(38-32(28)40-19-21-45-22-20-40)23-3-5-24(6-4-23)35-33(42)36-25-9-14-34-15-10-25/h3-10,13-15,18,26H,2,11-12,16-17,19-22H2,1H3,(H2,34,35,36,42). The number of hydrogen-bond donors (Lipinski definition) is 2. The van der Waals surface area contributed by atoms with E-state index in [1.807, 2.05) is 30.3 Å². The van der Waals surface area contributed by atoms with Gasteiger partial charge >= 0.3 is 6.03 Å². The van der Waals surface area contributed by atoms with E-state index in [0.717, 1.165) is 41.8 Å². The highest BCUT2D eigenvalue weighted by Crippen LogP contribution is 2.35. The number of urea groups is 1. The molecule has 13 heteroatoms. The molecule has 0 spiro atoms. The van der Waals surface area contributed by atoms with Gasteiger partial charge in [-0.3, -0.25) is 4.98 Å². The van der Waals surface area contributed by atoms with Crippen molar-refractivity contribution in [1.82, 2.24) is 23.8 Å². The van der Waals surface area contributed by atoms with E-state index in [1.54, 1.807) is 42.9 Å². The fourth-order valence-electron chi connectivity index (χ4n) is 6.25. The molecule has 0 bridgehead atoms. The molecule has 238 valence electrons. The second-order valence-corrected chi connectivity index (χ2v) is 13.6. The van der Waals surface area contributed by atoms with Gasteiger partial charge in [0.25, 0.3) is 0 Å². The number of piperidine rings is 1. The van der Waals surface area contributed by atoms with Crippen molar-refractivity contribution < 1.29 is 17.9 Å². The molecule has 0 saturated carbocycles. The number of carbonyl (C=O) groups excluding carboxylic acids is 1. The van der Waals surface area contributed by atoms with Crippen molar-refractivity contribution in [2.24, 2.45) is 0 Å². The molecule has 0 atom stereocenters. The Hall–Kier alpha value is -4.59. The predicted molar refractivity (Wildman–Crippen MR) is 180 cm³/mol. The molecule has 12 nitrogen and oxygen atoms in total. The molecular weight excluding hydrogens is 604 g/mol. The minimum absolute atomic E-state index is 0.367. The van der Waals surface area contributed by atoms with Crippen LogP contribution in [0.15, 0.2) is 73.2 Å². The van der Waals surface area contributed by atoms with Gasteiger partial charge in [0.05, 0.1) is 29.5 Å². The zero-order chi connectivity index (χ0) is 31.7. The molecule has 0 unspecified atom stereocenters. The molecule has 5 aromatic rings. The number of ether oxygens (including phenoxy) is 1. The molecule has 2 aliphatic rings. The fourth-order valence-corrected chi connectivity index (χ4v) is 8.04. The molecule has 0 radical (unpaired) electrons. The summed E-state index contributed by atoms with van der Waals surface area (Å²) in [6.07, 6.45) is 6.12. The first-order valence-corrected chi connectivity index (χ1v) is 17.1. The summed E-state index contributed by atoms with van der Waals surface area (Å²) in [5.41, 5.74) is 3.32. The van der Waals surface area contributed by atoms with Gasteiger partial charge < -0.3 is 25.2 Å². The average Bonchev–Trinajstić information content (AvgIpc) is 3.55. The lowest BCUT2D eigenvalue weighted by Gasteiger charge is -2.31. The number of nitrogens with one attached hydrogen (secondary N) is 2. The third-order valence-corrected chi connectivity index (χ3v) is 11.0. The Morgan fingerprint density at radius 2 is 1.57 bits per heavy atom. The lowest BCUT2D eigenvalue weighted by molar-refractivity contribution is 0.122. The van der Waals surface area contributed by atoms with Crippen molar-refractivity contribution in [3.8, 4) is 11.4 Å². The van der Waals surface area contributed by atoms with Crippen molar-refractivity contribution in [2.45, 2.75) is 25.0 Å². The topological polar surface area (TPSA) is 135 Å². The Morgan fingerprint density at radius 3 is 2.26 bits per heavy atom. The number of hydrogen-bond acceptors (Lipinski definition) is 9. The second-order valence-electron chi connectivity index (χ2n) is 11.5. The lowest BCUT2D eigenvalue weighted by Crippen LogP contribution is -2.40. The Kier molecular flexibility index (Phi) is 8.28. The molecule has 2 aliphatic heterocycles. The summed E-state index contributed by atoms with van der Waals surface area (Å²) >= 11 is 0. The molecule has 7 rings (SSSR count). The van der Waals surface area contributed by atoms with Crippen LogP contribution in [0.3, 0.4) is 0 Å². The van der Waals surface area contributed by atoms with Gasteiger partial charge in [0, 0.05) is 59.4 Å². The molecule has 2 saturated heterocycles. The van der Waals surface area contributed by atoms with E-state index in [9.17, 15) is 13.2 Å². The third kappa shape index (κ3) is 5.88. The monoisotopic (exact) mass is 640 g/mol. The van der Waals surface area contributed by atoms with Gasteiger partial charge in [0.1, 0.15) is 5.82 Å². The molecule has 2 amide bonds. The lowest BCUT2D eigenvalue weighted by atomic mass is 10.1. The van der Waals surface area contributed by atoms with Crippen LogP contribution in [-0.2, 0) is 14.8 Å². The second kappa shape index (κ2) is 12.7. The number of morpholine rings is 1. The van der Waals surface area contributed by atoms with Crippen molar-refractivity contribution >= 4 is 55.1 Å². The summed E-state index contributed by atoms with van der Waals surface area (Å²) in [7, 11) is -3.60. The van der Waals surface area contributed by atoms with Crippen LogP contribution in [0.4, 0.5) is 22.0 Å². The zero-order valence-corrected chi connectivity index (χ0v) is 26.4. The van der Waals surface area contributed by atoms with Crippen LogP contribution in [0.2, 0.25) is 0 Å². The molecule has 46 heavy (non-hydrogen) atoms. The van der Waals surface area contributed by atoms with E-state index in [2.05, 4.69) is 32.3 Å². The molecule has 2 N–H and O–H groups in total. The first-order chi connectivity index (χ1) is 22.4. The van der Waals surface area contributed by atoms with E-state index in [-0.39, 0.29) is 6.03 Å². The number of nitrogens with zero attached hydrogens (tertiary/aromatic N) is 6. The van der Waals surface area contributed by atoms with Crippen molar-refractivity contribution in [3.05, 3.63) is 73.2 Å². The highest BCUT2D eigenvalue weighted by molar-refractivity contribution is 7.90. The Labute approximate surface area is 267 Å². The number of benzene rings is 2. The highest BCUT2D eigenvalue weighted by atomic mass is 32.2. The van der Waals surface area contributed by atoms with Gasteiger partial charge in [0.15, 0.2) is 5.82 Å². The maximum absolute atomic E-state index is 13.9. The van der Waals surface area contributed by atoms with Crippen LogP contribution in [-0.4, -0.2) is 89.5 Å². The van der Waals surface area contributed by atoms with Gasteiger partial charge in [-0.2, -0.15) is 0 Å². The third-order valence-electron chi connectivity index (χ3n) is 8.81. The van der Waals surface area contributed by atoms with Crippen molar-refractivity contribution in [1.29, 1.82) is 0 Å². The minimum Gasteiger partial charge on any atom is -0.378 e. The normalized spacial score (nSPS) is 16.6. The van der Waals surface area contributed by atoms with E-state index in [0.29, 0.717) is 67.4 Å². The van der Waals surface area contributed by atoms with E-state index < -0.39 is 15.3 Å². The maximum atomic E-state index is 13.9. The highest BCUT2D eigenvalue weighted by Gasteiger charge is 2.32. The van der Waals surface area contributed by atoms with E-state index >= 15 is 0 Å².